The van der Waals surface area contributed by atoms with E-state index in [-0.39, 0.29) is 11.5 Å². The molecule has 2 aliphatic heterocycles. The van der Waals surface area contributed by atoms with Crippen LogP contribution in [0.5, 0.6) is 0 Å². The Bertz CT molecular complexity index is 909. The zero-order chi connectivity index (χ0) is 19.0. The van der Waals surface area contributed by atoms with Crippen LogP contribution in [0.4, 0.5) is 0 Å². The normalized spacial score (nSPS) is 18.5. The van der Waals surface area contributed by atoms with E-state index in [1.807, 2.05) is 23.4 Å². The van der Waals surface area contributed by atoms with Gasteiger partial charge in [-0.25, -0.2) is 4.98 Å². The van der Waals surface area contributed by atoms with Gasteiger partial charge < -0.3 is 10.2 Å². The third-order valence-electron chi connectivity index (χ3n) is 6.00. The number of piperidine rings is 1. The standard InChI is InChI=1S/C20H28N4O2S/c1-13-16-18(22-15-6-4-3-5-9-24(15)19(16)25)27-17(13)20(26)23-10-7-14(8-11-23)12-21-2/h14,21H,3-12H2,1-2H3. The summed E-state index contributed by atoms with van der Waals surface area (Å²) < 4.78 is 1.84. The topological polar surface area (TPSA) is 67.2 Å². The fourth-order valence-electron chi connectivity index (χ4n) is 4.39. The van der Waals surface area contributed by atoms with Crippen LogP contribution >= 0.6 is 11.3 Å². The summed E-state index contributed by atoms with van der Waals surface area (Å²) in [4.78, 5) is 34.4. The molecule has 0 aliphatic carbocycles. The number of likely N-dealkylation sites (tertiary alicyclic amines) is 1. The average Bonchev–Trinajstić information content (AvgIpc) is 2.84. The predicted octanol–water partition coefficient (Wildman–Crippen LogP) is 2.56. The number of fused-ring (bicyclic) bond motifs is 2. The molecule has 0 bridgehead atoms. The van der Waals surface area contributed by atoms with Crippen molar-refractivity contribution in [2.24, 2.45) is 5.92 Å². The highest BCUT2D eigenvalue weighted by Crippen LogP contribution is 2.30. The van der Waals surface area contributed by atoms with Crippen LogP contribution < -0.4 is 10.9 Å². The van der Waals surface area contributed by atoms with Crippen molar-refractivity contribution in [3.8, 4) is 0 Å². The van der Waals surface area contributed by atoms with Crippen LogP contribution in [0.15, 0.2) is 4.79 Å². The molecule has 2 aromatic rings. The third kappa shape index (κ3) is 3.43. The molecule has 4 rings (SSSR count). The molecule has 0 radical (unpaired) electrons. The molecule has 2 aliphatic rings. The van der Waals surface area contributed by atoms with Gasteiger partial charge in [0.2, 0.25) is 0 Å². The Hall–Kier alpha value is -1.73. The van der Waals surface area contributed by atoms with Gasteiger partial charge in [-0.3, -0.25) is 14.2 Å². The first-order valence-electron chi connectivity index (χ1n) is 10.1. The predicted molar refractivity (Wildman–Crippen MR) is 109 cm³/mol. The number of rotatable bonds is 3. The van der Waals surface area contributed by atoms with Gasteiger partial charge in [-0.05, 0) is 57.7 Å². The molecule has 1 N–H and O–H groups in total. The molecule has 0 unspecified atom stereocenters. The zero-order valence-electron chi connectivity index (χ0n) is 16.2. The Morgan fingerprint density at radius 2 is 2.00 bits per heavy atom. The van der Waals surface area contributed by atoms with Crippen LogP contribution in [0.25, 0.3) is 10.2 Å². The molecule has 1 fully saturated rings. The van der Waals surface area contributed by atoms with Crippen molar-refractivity contribution in [3.63, 3.8) is 0 Å². The summed E-state index contributed by atoms with van der Waals surface area (Å²) in [6, 6.07) is 0. The lowest BCUT2D eigenvalue weighted by molar-refractivity contribution is 0.0695. The number of hydrogen-bond donors (Lipinski definition) is 1. The van der Waals surface area contributed by atoms with Gasteiger partial charge in [-0.15, -0.1) is 11.3 Å². The SMILES string of the molecule is CNCC1CCN(C(=O)c2sc3nc4n(c(=O)c3c2C)CCCCC4)CC1. The first-order chi connectivity index (χ1) is 13.1. The highest BCUT2D eigenvalue weighted by atomic mass is 32.1. The Labute approximate surface area is 163 Å². The quantitative estimate of drug-likeness (QED) is 0.878. The monoisotopic (exact) mass is 388 g/mol. The second kappa shape index (κ2) is 7.72. The van der Waals surface area contributed by atoms with E-state index in [2.05, 4.69) is 5.32 Å². The first-order valence-corrected chi connectivity index (χ1v) is 10.9. The van der Waals surface area contributed by atoms with Crippen molar-refractivity contribution >= 4 is 27.5 Å². The fourth-order valence-corrected chi connectivity index (χ4v) is 5.54. The van der Waals surface area contributed by atoms with E-state index >= 15 is 0 Å². The van der Waals surface area contributed by atoms with Gasteiger partial charge in [0.05, 0.1) is 10.3 Å². The molecule has 0 spiro atoms. The number of thiophene rings is 1. The summed E-state index contributed by atoms with van der Waals surface area (Å²) in [5, 5.41) is 3.88. The van der Waals surface area contributed by atoms with E-state index < -0.39 is 0 Å². The summed E-state index contributed by atoms with van der Waals surface area (Å²) in [5.74, 6) is 1.60. The van der Waals surface area contributed by atoms with Gasteiger partial charge in [-0.2, -0.15) is 0 Å². The number of aromatic nitrogens is 2. The van der Waals surface area contributed by atoms with Crippen LogP contribution in [0, 0.1) is 12.8 Å². The summed E-state index contributed by atoms with van der Waals surface area (Å²) >= 11 is 1.40. The number of aryl methyl sites for hydroxylation is 2. The van der Waals surface area contributed by atoms with Gasteiger partial charge >= 0.3 is 0 Å². The molecule has 1 saturated heterocycles. The van der Waals surface area contributed by atoms with Crippen LogP contribution in [0.2, 0.25) is 0 Å². The Balaban J connectivity index is 1.65. The highest BCUT2D eigenvalue weighted by molar-refractivity contribution is 7.20. The molecule has 7 heteroatoms. The minimum absolute atomic E-state index is 0.0393. The second-order valence-electron chi connectivity index (χ2n) is 7.83. The van der Waals surface area contributed by atoms with Crippen molar-refractivity contribution in [2.75, 3.05) is 26.7 Å². The minimum Gasteiger partial charge on any atom is -0.338 e. The largest absolute Gasteiger partial charge is 0.338 e. The van der Waals surface area contributed by atoms with Gasteiger partial charge in [-0.1, -0.05) is 6.42 Å². The summed E-state index contributed by atoms with van der Waals surface area (Å²) in [5.41, 5.74) is 0.854. The number of nitrogens with zero attached hydrogens (tertiary/aromatic N) is 3. The molecule has 27 heavy (non-hydrogen) atoms. The van der Waals surface area contributed by atoms with Crippen molar-refractivity contribution in [1.82, 2.24) is 19.8 Å². The maximum atomic E-state index is 13.1. The van der Waals surface area contributed by atoms with Gasteiger partial charge in [0, 0.05) is 26.1 Å². The lowest BCUT2D eigenvalue weighted by Gasteiger charge is -2.31. The van der Waals surface area contributed by atoms with E-state index in [1.165, 1.54) is 11.3 Å². The van der Waals surface area contributed by atoms with Crippen LogP contribution in [-0.2, 0) is 13.0 Å². The molecule has 4 heterocycles. The van der Waals surface area contributed by atoms with Crippen molar-refractivity contribution < 1.29 is 4.79 Å². The zero-order valence-corrected chi connectivity index (χ0v) is 17.0. The van der Waals surface area contributed by atoms with Crippen LogP contribution in [-0.4, -0.2) is 47.0 Å². The van der Waals surface area contributed by atoms with Crippen LogP contribution in [0.1, 0.15) is 53.2 Å². The lowest BCUT2D eigenvalue weighted by Crippen LogP contribution is -2.40. The molecule has 0 saturated carbocycles. The fraction of sp³-hybridized carbons (Fsp3) is 0.650. The van der Waals surface area contributed by atoms with Crippen molar-refractivity contribution in [2.45, 2.75) is 52.0 Å². The summed E-state index contributed by atoms with van der Waals surface area (Å²) in [7, 11) is 1.98. The number of nitrogens with one attached hydrogen (secondary N) is 1. The number of amides is 1. The van der Waals surface area contributed by atoms with Gasteiger partial charge in [0.1, 0.15) is 10.7 Å². The van der Waals surface area contributed by atoms with E-state index in [4.69, 9.17) is 4.98 Å². The average molecular weight is 389 g/mol. The first kappa shape index (κ1) is 18.6. The molecular weight excluding hydrogens is 360 g/mol. The molecule has 0 aromatic carbocycles. The molecule has 146 valence electrons. The summed E-state index contributed by atoms with van der Waals surface area (Å²) in [6.07, 6.45) is 6.16. The maximum absolute atomic E-state index is 13.1. The van der Waals surface area contributed by atoms with E-state index in [1.54, 1.807) is 0 Å². The summed E-state index contributed by atoms with van der Waals surface area (Å²) in [6.45, 7) is 5.25. The van der Waals surface area contributed by atoms with Crippen LogP contribution in [0.3, 0.4) is 0 Å². The van der Waals surface area contributed by atoms with E-state index in [0.29, 0.717) is 16.2 Å². The highest BCUT2D eigenvalue weighted by Gasteiger charge is 2.28. The number of hydrogen-bond acceptors (Lipinski definition) is 5. The Kier molecular flexibility index (Phi) is 5.32. The second-order valence-corrected chi connectivity index (χ2v) is 8.82. The number of carbonyl (C=O) groups excluding carboxylic acids is 1. The van der Waals surface area contributed by atoms with Crippen molar-refractivity contribution in [3.05, 3.63) is 26.6 Å². The van der Waals surface area contributed by atoms with Gasteiger partial charge in [0.15, 0.2) is 0 Å². The molecular formula is C20H28N4O2S. The maximum Gasteiger partial charge on any atom is 0.264 e. The molecule has 6 nitrogen and oxygen atoms in total. The lowest BCUT2D eigenvalue weighted by atomic mass is 9.96. The third-order valence-corrected chi connectivity index (χ3v) is 7.17. The number of carbonyl (C=O) groups is 1. The molecule has 0 atom stereocenters. The minimum atomic E-state index is 0.0393. The molecule has 1 amide bonds. The van der Waals surface area contributed by atoms with Gasteiger partial charge in [0.25, 0.3) is 11.5 Å². The molecule has 2 aromatic heterocycles. The van der Waals surface area contributed by atoms with E-state index in [0.717, 1.165) is 80.9 Å². The smallest absolute Gasteiger partial charge is 0.264 e. The van der Waals surface area contributed by atoms with E-state index in [9.17, 15) is 9.59 Å². The Morgan fingerprint density at radius 3 is 2.74 bits per heavy atom. The van der Waals surface area contributed by atoms with Crippen molar-refractivity contribution in [1.29, 1.82) is 0 Å². The Morgan fingerprint density at radius 1 is 1.22 bits per heavy atom.